The topological polar surface area (TPSA) is 66.8 Å². The fraction of sp³-hybridized carbons (Fsp3) is 0.529. The van der Waals surface area contributed by atoms with Crippen LogP contribution in [0.4, 0.5) is 0 Å². The van der Waals surface area contributed by atoms with Gasteiger partial charge in [-0.2, -0.15) is 0 Å². The van der Waals surface area contributed by atoms with Crippen LogP contribution >= 0.6 is 0 Å². The molecule has 5 nitrogen and oxygen atoms in total. The van der Waals surface area contributed by atoms with Crippen LogP contribution in [0.2, 0.25) is 0 Å². The standard InChI is InChI=1S/C17H25NO4/c1-4-15(12-19)18(10-9-16(20)22-5-2)17(21)14-8-6-7-13(3)11-14/h6-8,11,15,19H,4-5,9-10,12H2,1-3H3. The molecule has 22 heavy (non-hydrogen) atoms. The molecule has 0 fully saturated rings. The first-order valence-corrected chi connectivity index (χ1v) is 7.67. The lowest BCUT2D eigenvalue weighted by Crippen LogP contribution is -2.43. The van der Waals surface area contributed by atoms with Gasteiger partial charge in [0.05, 0.1) is 25.7 Å². The molecular formula is C17H25NO4. The molecule has 1 unspecified atom stereocenters. The molecule has 0 spiro atoms. The maximum Gasteiger partial charge on any atom is 0.307 e. The van der Waals surface area contributed by atoms with E-state index in [4.69, 9.17) is 4.74 Å². The third-order valence-electron chi connectivity index (χ3n) is 3.51. The minimum atomic E-state index is -0.336. The Morgan fingerprint density at radius 2 is 2.05 bits per heavy atom. The zero-order valence-electron chi connectivity index (χ0n) is 13.5. The molecule has 1 N–H and O–H groups in total. The summed E-state index contributed by atoms with van der Waals surface area (Å²) < 4.78 is 4.90. The van der Waals surface area contributed by atoms with Crippen molar-refractivity contribution in [1.29, 1.82) is 0 Å². The molecule has 0 saturated carbocycles. The molecule has 1 aromatic rings. The second kappa shape index (κ2) is 9.20. The van der Waals surface area contributed by atoms with Gasteiger partial charge >= 0.3 is 5.97 Å². The zero-order chi connectivity index (χ0) is 16.5. The molecule has 122 valence electrons. The van der Waals surface area contributed by atoms with Gasteiger partial charge < -0.3 is 14.7 Å². The number of amides is 1. The van der Waals surface area contributed by atoms with Gasteiger partial charge in [0.25, 0.3) is 5.91 Å². The lowest BCUT2D eigenvalue weighted by molar-refractivity contribution is -0.143. The number of benzene rings is 1. The maximum absolute atomic E-state index is 12.7. The van der Waals surface area contributed by atoms with Crippen LogP contribution in [0.15, 0.2) is 24.3 Å². The summed E-state index contributed by atoms with van der Waals surface area (Å²) >= 11 is 0. The van der Waals surface area contributed by atoms with Gasteiger partial charge in [-0.25, -0.2) is 0 Å². The monoisotopic (exact) mass is 307 g/mol. The third kappa shape index (κ3) is 5.15. The molecule has 0 aliphatic carbocycles. The number of carbonyl (C=O) groups excluding carboxylic acids is 2. The van der Waals surface area contributed by atoms with E-state index < -0.39 is 0 Å². The van der Waals surface area contributed by atoms with Crippen LogP contribution in [0.1, 0.15) is 42.6 Å². The molecule has 0 radical (unpaired) electrons. The summed E-state index contributed by atoms with van der Waals surface area (Å²) in [6.07, 6.45) is 0.749. The van der Waals surface area contributed by atoms with Gasteiger partial charge in [-0.15, -0.1) is 0 Å². The summed E-state index contributed by atoms with van der Waals surface area (Å²) in [5.41, 5.74) is 1.56. The van der Waals surface area contributed by atoms with Crippen molar-refractivity contribution in [1.82, 2.24) is 4.90 Å². The van der Waals surface area contributed by atoms with Crippen LogP contribution in [0, 0.1) is 6.92 Å². The number of hydrogen-bond donors (Lipinski definition) is 1. The van der Waals surface area contributed by atoms with Crippen molar-refractivity contribution in [3.05, 3.63) is 35.4 Å². The Morgan fingerprint density at radius 1 is 1.32 bits per heavy atom. The molecular weight excluding hydrogens is 282 g/mol. The largest absolute Gasteiger partial charge is 0.466 e. The quantitative estimate of drug-likeness (QED) is 0.747. The van der Waals surface area contributed by atoms with Gasteiger partial charge in [-0.1, -0.05) is 24.6 Å². The van der Waals surface area contributed by atoms with E-state index in [2.05, 4.69) is 0 Å². The van der Waals surface area contributed by atoms with Crippen LogP contribution in [-0.4, -0.2) is 47.7 Å². The number of rotatable bonds is 8. The highest BCUT2D eigenvalue weighted by molar-refractivity contribution is 5.94. The molecule has 0 aliphatic heterocycles. The predicted molar refractivity (Wildman–Crippen MR) is 84.6 cm³/mol. The van der Waals surface area contributed by atoms with Crippen LogP contribution in [0.25, 0.3) is 0 Å². The number of aryl methyl sites for hydroxylation is 1. The minimum Gasteiger partial charge on any atom is -0.466 e. The van der Waals surface area contributed by atoms with Crippen LogP contribution < -0.4 is 0 Å². The molecule has 0 bridgehead atoms. The summed E-state index contributed by atoms with van der Waals surface area (Å²) in [6.45, 7) is 6.00. The van der Waals surface area contributed by atoms with E-state index in [1.807, 2.05) is 32.0 Å². The van der Waals surface area contributed by atoms with E-state index in [0.29, 0.717) is 18.6 Å². The number of carbonyl (C=O) groups is 2. The SMILES string of the molecule is CCOC(=O)CCN(C(=O)c1cccc(C)c1)C(CC)CO. The first-order valence-electron chi connectivity index (χ1n) is 7.67. The smallest absolute Gasteiger partial charge is 0.307 e. The highest BCUT2D eigenvalue weighted by Gasteiger charge is 2.24. The van der Waals surface area contributed by atoms with E-state index >= 15 is 0 Å². The molecule has 5 heteroatoms. The molecule has 1 amide bonds. The molecule has 1 aromatic carbocycles. The van der Waals surface area contributed by atoms with E-state index in [0.717, 1.165) is 5.56 Å². The Hall–Kier alpha value is -1.88. The molecule has 1 atom stereocenters. The predicted octanol–water partition coefficient (Wildman–Crippen LogP) is 2.16. The fourth-order valence-electron chi connectivity index (χ4n) is 2.29. The fourth-order valence-corrected chi connectivity index (χ4v) is 2.29. The van der Waals surface area contributed by atoms with E-state index in [1.165, 1.54) is 0 Å². The molecule has 0 aromatic heterocycles. The average Bonchev–Trinajstić information content (AvgIpc) is 2.51. The highest BCUT2D eigenvalue weighted by Crippen LogP contribution is 2.13. The van der Waals surface area contributed by atoms with Crippen molar-refractivity contribution in [3.8, 4) is 0 Å². The van der Waals surface area contributed by atoms with Crippen LogP contribution in [0.3, 0.4) is 0 Å². The van der Waals surface area contributed by atoms with Gasteiger partial charge in [0.1, 0.15) is 0 Å². The summed E-state index contributed by atoms with van der Waals surface area (Å²) in [4.78, 5) is 25.8. The van der Waals surface area contributed by atoms with Crippen molar-refractivity contribution >= 4 is 11.9 Å². The van der Waals surface area contributed by atoms with Crippen molar-refractivity contribution in [2.75, 3.05) is 19.8 Å². The Balaban J connectivity index is 2.89. The number of hydrogen-bond acceptors (Lipinski definition) is 4. The molecule has 0 aliphatic rings. The number of nitrogens with zero attached hydrogens (tertiary/aromatic N) is 1. The Kier molecular flexibility index (Phi) is 7.60. The summed E-state index contributed by atoms with van der Waals surface area (Å²) in [5.74, 6) is -0.508. The highest BCUT2D eigenvalue weighted by atomic mass is 16.5. The summed E-state index contributed by atoms with van der Waals surface area (Å²) in [5, 5.41) is 9.51. The summed E-state index contributed by atoms with van der Waals surface area (Å²) in [7, 11) is 0. The molecule has 0 heterocycles. The summed E-state index contributed by atoms with van der Waals surface area (Å²) in [6, 6.07) is 7.00. The van der Waals surface area contributed by atoms with Gasteiger partial charge in [-0.3, -0.25) is 9.59 Å². The maximum atomic E-state index is 12.7. The Labute approximate surface area is 131 Å². The minimum absolute atomic E-state index is 0.127. The van der Waals surface area contributed by atoms with Crippen LogP contribution in [-0.2, 0) is 9.53 Å². The van der Waals surface area contributed by atoms with Gasteiger partial charge in [0.15, 0.2) is 0 Å². The second-order valence-corrected chi connectivity index (χ2v) is 5.17. The third-order valence-corrected chi connectivity index (χ3v) is 3.51. The van der Waals surface area contributed by atoms with Gasteiger partial charge in [-0.05, 0) is 32.4 Å². The Morgan fingerprint density at radius 3 is 2.59 bits per heavy atom. The number of esters is 1. The molecule has 0 saturated heterocycles. The van der Waals surface area contributed by atoms with Crippen molar-refractivity contribution in [2.24, 2.45) is 0 Å². The van der Waals surface area contributed by atoms with E-state index in [-0.39, 0.29) is 37.5 Å². The second-order valence-electron chi connectivity index (χ2n) is 5.17. The van der Waals surface area contributed by atoms with Gasteiger partial charge in [0, 0.05) is 12.1 Å². The number of aliphatic hydroxyl groups excluding tert-OH is 1. The Bertz CT molecular complexity index is 497. The first-order chi connectivity index (χ1) is 10.5. The van der Waals surface area contributed by atoms with Gasteiger partial charge in [0.2, 0.25) is 0 Å². The lowest BCUT2D eigenvalue weighted by Gasteiger charge is -2.30. The van der Waals surface area contributed by atoms with E-state index in [1.54, 1.807) is 17.9 Å². The molecule has 1 rings (SSSR count). The van der Waals surface area contributed by atoms with Crippen molar-refractivity contribution in [2.45, 2.75) is 39.7 Å². The number of ether oxygens (including phenoxy) is 1. The lowest BCUT2D eigenvalue weighted by atomic mass is 10.1. The van der Waals surface area contributed by atoms with E-state index in [9.17, 15) is 14.7 Å². The normalized spacial score (nSPS) is 11.8. The zero-order valence-corrected chi connectivity index (χ0v) is 13.5. The average molecular weight is 307 g/mol. The first kappa shape index (κ1) is 18.2. The van der Waals surface area contributed by atoms with Crippen LogP contribution in [0.5, 0.6) is 0 Å². The van der Waals surface area contributed by atoms with Crippen molar-refractivity contribution < 1.29 is 19.4 Å². The number of aliphatic hydroxyl groups is 1. The van der Waals surface area contributed by atoms with Crippen molar-refractivity contribution in [3.63, 3.8) is 0 Å².